The number of aryl methyl sites for hydroxylation is 1. The molecular weight excluding hydrogens is 254 g/mol. The Kier molecular flexibility index (Phi) is 5.38. The van der Waals surface area contributed by atoms with Crippen molar-refractivity contribution in [2.45, 2.75) is 13.3 Å². The van der Waals surface area contributed by atoms with Gasteiger partial charge in [-0.1, -0.05) is 11.6 Å². The average Bonchev–Trinajstić information content (AvgIpc) is 2.47. The van der Waals surface area contributed by atoms with Crippen molar-refractivity contribution in [1.29, 1.82) is 0 Å². The highest BCUT2D eigenvalue weighted by Gasteiger charge is 2.11. The van der Waals surface area contributed by atoms with Gasteiger partial charge in [0.1, 0.15) is 5.75 Å². The molecule has 0 unspecified atom stereocenters. The molecule has 20 heavy (non-hydrogen) atoms. The second kappa shape index (κ2) is 7.26. The van der Waals surface area contributed by atoms with Gasteiger partial charge < -0.3 is 20.6 Å². The lowest BCUT2D eigenvalue weighted by molar-refractivity contribution is 0.0948. The maximum atomic E-state index is 12.0. The Balaban J connectivity index is 1.73. The summed E-state index contributed by atoms with van der Waals surface area (Å²) < 4.78 is 0. The fourth-order valence-electron chi connectivity index (χ4n) is 2.37. The lowest BCUT2D eigenvalue weighted by atomic mass is 10.1. The monoisotopic (exact) mass is 277 g/mol. The van der Waals surface area contributed by atoms with E-state index in [1.165, 1.54) is 0 Å². The number of piperazine rings is 1. The van der Waals surface area contributed by atoms with Gasteiger partial charge in [0, 0.05) is 32.7 Å². The number of amides is 1. The highest BCUT2D eigenvalue weighted by Crippen LogP contribution is 2.17. The Morgan fingerprint density at radius 3 is 2.90 bits per heavy atom. The molecule has 1 amide bonds. The summed E-state index contributed by atoms with van der Waals surface area (Å²) in [7, 11) is 0. The number of hydrogen-bond acceptors (Lipinski definition) is 4. The van der Waals surface area contributed by atoms with E-state index in [1.54, 1.807) is 18.2 Å². The largest absolute Gasteiger partial charge is 0.507 e. The van der Waals surface area contributed by atoms with Crippen molar-refractivity contribution in [2.75, 3.05) is 39.3 Å². The van der Waals surface area contributed by atoms with E-state index in [1.807, 2.05) is 6.92 Å². The third-order valence-electron chi connectivity index (χ3n) is 3.54. The first-order valence-electron chi connectivity index (χ1n) is 7.18. The topological polar surface area (TPSA) is 64.6 Å². The van der Waals surface area contributed by atoms with Crippen molar-refractivity contribution < 1.29 is 9.90 Å². The number of hydrogen-bond donors (Lipinski definition) is 3. The Morgan fingerprint density at radius 1 is 1.40 bits per heavy atom. The van der Waals surface area contributed by atoms with Gasteiger partial charge in [-0.05, 0) is 32.0 Å². The molecule has 1 saturated heterocycles. The quantitative estimate of drug-likeness (QED) is 0.694. The Morgan fingerprint density at radius 2 is 2.15 bits per heavy atom. The van der Waals surface area contributed by atoms with Crippen molar-refractivity contribution >= 4 is 5.91 Å². The Labute approximate surface area is 120 Å². The molecule has 1 aliphatic heterocycles. The van der Waals surface area contributed by atoms with E-state index >= 15 is 0 Å². The van der Waals surface area contributed by atoms with Gasteiger partial charge in [-0.25, -0.2) is 0 Å². The summed E-state index contributed by atoms with van der Waals surface area (Å²) >= 11 is 0. The lowest BCUT2D eigenvalue weighted by Gasteiger charge is -2.27. The van der Waals surface area contributed by atoms with Crippen LogP contribution in [0.4, 0.5) is 0 Å². The average molecular weight is 277 g/mol. The lowest BCUT2D eigenvalue weighted by Crippen LogP contribution is -2.44. The molecule has 0 aromatic heterocycles. The molecule has 5 nitrogen and oxygen atoms in total. The van der Waals surface area contributed by atoms with Crippen molar-refractivity contribution in [1.82, 2.24) is 15.5 Å². The highest BCUT2D eigenvalue weighted by molar-refractivity contribution is 5.96. The Hall–Kier alpha value is -1.59. The molecule has 0 spiro atoms. The van der Waals surface area contributed by atoms with E-state index in [0.717, 1.165) is 44.7 Å². The fourth-order valence-corrected chi connectivity index (χ4v) is 2.37. The maximum Gasteiger partial charge on any atom is 0.255 e. The number of nitrogens with zero attached hydrogens (tertiary/aromatic N) is 1. The van der Waals surface area contributed by atoms with Crippen LogP contribution in [0, 0.1) is 6.92 Å². The van der Waals surface area contributed by atoms with Crippen LogP contribution in [0.15, 0.2) is 18.2 Å². The summed E-state index contributed by atoms with van der Waals surface area (Å²) in [5.41, 5.74) is 1.32. The van der Waals surface area contributed by atoms with E-state index < -0.39 is 0 Å². The summed E-state index contributed by atoms with van der Waals surface area (Å²) in [5, 5.41) is 15.9. The van der Waals surface area contributed by atoms with Gasteiger partial charge in [0.15, 0.2) is 0 Å². The van der Waals surface area contributed by atoms with Gasteiger partial charge in [-0.15, -0.1) is 0 Å². The summed E-state index contributed by atoms with van der Waals surface area (Å²) in [6.07, 6.45) is 0.929. The molecule has 1 heterocycles. The molecule has 3 N–H and O–H groups in total. The minimum atomic E-state index is -0.202. The van der Waals surface area contributed by atoms with E-state index in [-0.39, 0.29) is 11.7 Å². The van der Waals surface area contributed by atoms with Crippen LogP contribution < -0.4 is 10.6 Å². The fraction of sp³-hybridized carbons (Fsp3) is 0.533. The smallest absolute Gasteiger partial charge is 0.255 e. The van der Waals surface area contributed by atoms with Crippen LogP contribution in [0.5, 0.6) is 5.75 Å². The molecule has 0 bridgehead atoms. The van der Waals surface area contributed by atoms with Crippen LogP contribution in [0.25, 0.3) is 0 Å². The molecule has 0 atom stereocenters. The van der Waals surface area contributed by atoms with Gasteiger partial charge in [-0.2, -0.15) is 0 Å². The molecule has 1 fully saturated rings. The number of phenolic OH excluding ortho intramolecular Hbond substituents is 1. The highest BCUT2D eigenvalue weighted by atomic mass is 16.3. The first-order valence-corrected chi connectivity index (χ1v) is 7.18. The van der Waals surface area contributed by atoms with E-state index in [2.05, 4.69) is 15.5 Å². The van der Waals surface area contributed by atoms with E-state index in [9.17, 15) is 9.90 Å². The number of aromatic hydroxyl groups is 1. The second-order valence-electron chi connectivity index (χ2n) is 5.22. The van der Waals surface area contributed by atoms with Gasteiger partial charge in [0.05, 0.1) is 5.56 Å². The molecule has 0 radical (unpaired) electrons. The molecule has 1 aromatic carbocycles. The zero-order chi connectivity index (χ0) is 14.4. The molecule has 110 valence electrons. The van der Waals surface area contributed by atoms with Crippen LogP contribution in [0.3, 0.4) is 0 Å². The van der Waals surface area contributed by atoms with Crippen molar-refractivity contribution in [3.8, 4) is 5.75 Å². The SMILES string of the molecule is Cc1ccc(O)c(C(=O)NCCCN2CCNCC2)c1. The predicted octanol–water partition coefficient (Wildman–Crippen LogP) is 0.726. The van der Waals surface area contributed by atoms with Crippen LogP contribution in [-0.2, 0) is 0 Å². The molecule has 2 rings (SSSR count). The third-order valence-corrected chi connectivity index (χ3v) is 3.54. The van der Waals surface area contributed by atoms with Gasteiger partial charge in [-0.3, -0.25) is 4.79 Å². The first kappa shape index (κ1) is 14.8. The number of phenols is 1. The summed E-state index contributed by atoms with van der Waals surface area (Å²) in [6.45, 7) is 7.78. The van der Waals surface area contributed by atoms with Gasteiger partial charge in [0.2, 0.25) is 0 Å². The normalized spacial score (nSPS) is 16.1. The molecule has 5 heteroatoms. The summed E-state index contributed by atoms with van der Waals surface area (Å²) in [6, 6.07) is 5.06. The van der Waals surface area contributed by atoms with Crippen LogP contribution in [0.2, 0.25) is 0 Å². The second-order valence-corrected chi connectivity index (χ2v) is 5.22. The van der Waals surface area contributed by atoms with Crippen molar-refractivity contribution in [3.05, 3.63) is 29.3 Å². The number of nitrogens with one attached hydrogen (secondary N) is 2. The number of rotatable bonds is 5. The van der Waals surface area contributed by atoms with Crippen LogP contribution in [0.1, 0.15) is 22.3 Å². The van der Waals surface area contributed by atoms with Crippen molar-refractivity contribution in [2.24, 2.45) is 0 Å². The van der Waals surface area contributed by atoms with Crippen LogP contribution >= 0.6 is 0 Å². The van der Waals surface area contributed by atoms with E-state index in [4.69, 9.17) is 0 Å². The van der Waals surface area contributed by atoms with Gasteiger partial charge >= 0.3 is 0 Å². The molecule has 0 aliphatic carbocycles. The minimum Gasteiger partial charge on any atom is -0.507 e. The van der Waals surface area contributed by atoms with Crippen LogP contribution in [-0.4, -0.2) is 55.2 Å². The summed E-state index contributed by atoms with van der Waals surface area (Å²) in [5.74, 6) is -0.165. The maximum absolute atomic E-state index is 12.0. The van der Waals surface area contributed by atoms with Crippen molar-refractivity contribution in [3.63, 3.8) is 0 Å². The summed E-state index contributed by atoms with van der Waals surface area (Å²) in [4.78, 5) is 14.4. The zero-order valence-electron chi connectivity index (χ0n) is 12.0. The molecular formula is C15H23N3O2. The molecule has 1 aromatic rings. The molecule has 1 aliphatic rings. The standard InChI is InChI=1S/C15H23N3O2/c1-12-3-4-14(19)13(11-12)15(20)17-5-2-8-18-9-6-16-7-10-18/h3-4,11,16,19H,2,5-10H2,1H3,(H,17,20). The third kappa shape index (κ3) is 4.21. The zero-order valence-corrected chi connectivity index (χ0v) is 12.0. The number of carbonyl (C=O) groups excluding carboxylic acids is 1. The first-order chi connectivity index (χ1) is 9.66. The minimum absolute atomic E-state index is 0.0372. The van der Waals surface area contributed by atoms with E-state index in [0.29, 0.717) is 12.1 Å². The number of carbonyl (C=O) groups is 1. The van der Waals surface area contributed by atoms with Gasteiger partial charge in [0.25, 0.3) is 5.91 Å². The Bertz CT molecular complexity index is 456. The predicted molar refractivity (Wildman–Crippen MR) is 79.1 cm³/mol. The molecule has 0 saturated carbocycles. The number of benzene rings is 1.